The van der Waals surface area contributed by atoms with Crippen LogP contribution in [0.1, 0.15) is 27.6 Å². The van der Waals surface area contributed by atoms with Crippen LogP contribution in [-0.2, 0) is 4.79 Å². The summed E-state index contributed by atoms with van der Waals surface area (Å²) in [6, 6.07) is 12.1. The van der Waals surface area contributed by atoms with E-state index in [-0.39, 0.29) is 17.0 Å². The molecular formula is C17H14N2O4. The molecule has 6 nitrogen and oxygen atoms in total. The number of para-hydroxylation sites is 2. The highest BCUT2D eigenvalue weighted by Crippen LogP contribution is 2.32. The molecule has 1 atom stereocenters. The first-order chi connectivity index (χ1) is 11.0. The molecule has 0 radical (unpaired) electrons. The first-order valence-electron chi connectivity index (χ1n) is 7.06. The molecule has 116 valence electrons. The van der Waals surface area contributed by atoms with E-state index in [4.69, 9.17) is 5.11 Å². The monoisotopic (exact) mass is 310 g/mol. The topological polar surface area (TPSA) is 86.7 Å². The largest absolute Gasteiger partial charge is 0.478 e. The van der Waals surface area contributed by atoms with Gasteiger partial charge in [-0.25, -0.2) is 4.79 Å². The van der Waals surface area contributed by atoms with Gasteiger partial charge in [0.25, 0.3) is 5.91 Å². The minimum Gasteiger partial charge on any atom is -0.478 e. The third-order valence-corrected chi connectivity index (χ3v) is 3.76. The Labute approximate surface area is 132 Å². The van der Waals surface area contributed by atoms with Crippen LogP contribution < -0.4 is 10.2 Å². The number of nitrogens with zero attached hydrogens (tertiary/aromatic N) is 1. The molecular weight excluding hydrogens is 296 g/mol. The predicted molar refractivity (Wildman–Crippen MR) is 84.7 cm³/mol. The van der Waals surface area contributed by atoms with E-state index in [1.54, 1.807) is 31.2 Å². The molecule has 0 fully saturated rings. The number of nitrogens with one attached hydrogen (secondary N) is 1. The van der Waals surface area contributed by atoms with Gasteiger partial charge in [-0.2, -0.15) is 0 Å². The maximum atomic E-state index is 12.8. The second-order valence-electron chi connectivity index (χ2n) is 5.24. The number of carbonyl (C=O) groups excluding carboxylic acids is 2. The molecule has 2 N–H and O–H groups in total. The van der Waals surface area contributed by atoms with Crippen molar-refractivity contribution in [2.75, 3.05) is 10.2 Å². The van der Waals surface area contributed by atoms with Gasteiger partial charge in [-0.3, -0.25) is 14.5 Å². The lowest BCUT2D eigenvalue weighted by atomic mass is 10.0. The number of carboxylic acid groups (broad SMARTS) is 1. The lowest BCUT2D eigenvalue weighted by Crippen LogP contribution is -2.49. The maximum Gasteiger partial charge on any atom is 0.335 e. The third kappa shape index (κ3) is 2.55. The Hall–Kier alpha value is -3.15. The summed E-state index contributed by atoms with van der Waals surface area (Å²) in [6.07, 6.45) is 0. The van der Waals surface area contributed by atoms with Gasteiger partial charge in [-0.05, 0) is 37.3 Å². The average molecular weight is 310 g/mol. The van der Waals surface area contributed by atoms with Crippen molar-refractivity contribution in [2.45, 2.75) is 13.0 Å². The van der Waals surface area contributed by atoms with E-state index >= 15 is 0 Å². The van der Waals surface area contributed by atoms with Crippen LogP contribution in [0.2, 0.25) is 0 Å². The highest BCUT2D eigenvalue weighted by Gasteiger charge is 2.34. The summed E-state index contributed by atoms with van der Waals surface area (Å²) >= 11 is 0. The predicted octanol–water partition coefficient (Wildman–Crippen LogP) is 2.37. The van der Waals surface area contributed by atoms with Crippen LogP contribution >= 0.6 is 0 Å². The lowest BCUT2D eigenvalue weighted by molar-refractivity contribution is -0.117. The second-order valence-corrected chi connectivity index (χ2v) is 5.24. The van der Waals surface area contributed by atoms with Crippen LogP contribution in [0.25, 0.3) is 0 Å². The van der Waals surface area contributed by atoms with Gasteiger partial charge in [0.15, 0.2) is 0 Å². The molecule has 0 spiro atoms. The number of fused-ring (bicyclic) bond motifs is 1. The van der Waals surface area contributed by atoms with Gasteiger partial charge in [0, 0.05) is 5.56 Å². The van der Waals surface area contributed by atoms with Crippen molar-refractivity contribution in [1.29, 1.82) is 0 Å². The minimum atomic E-state index is -1.11. The molecule has 1 aliphatic rings. The molecule has 1 aliphatic heterocycles. The zero-order valence-corrected chi connectivity index (χ0v) is 12.3. The van der Waals surface area contributed by atoms with Gasteiger partial charge in [-0.1, -0.05) is 18.2 Å². The molecule has 2 aromatic carbocycles. The van der Waals surface area contributed by atoms with Gasteiger partial charge < -0.3 is 10.4 Å². The zero-order chi connectivity index (χ0) is 16.6. The number of aromatic carboxylic acids is 1. The summed E-state index contributed by atoms with van der Waals surface area (Å²) in [7, 11) is 0. The maximum absolute atomic E-state index is 12.8. The highest BCUT2D eigenvalue weighted by atomic mass is 16.4. The van der Waals surface area contributed by atoms with Crippen LogP contribution in [0.5, 0.6) is 0 Å². The number of carboxylic acids is 1. The van der Waals surface area contributed by atoms with Crippen molar-refractivity contribution < 1.29 is 19.5 Å². The molecule has 2 aromatic rings. The average Bonchev–Trinajstić information content (AvgIpc) is 2.55. The number of amides is 2. The minimum absolute atomic E-state index is 0.0262. The van der Waals surface area contributed by atoms with Crippen molar-refractivity contribution in [3.05, 3.63) is 59.7 Å². The number of rotatable bonds is 2. The molecule has 1 heterocycles. The molecule has 1 unspecified atom stereocenters. The van der Waals surface area contributed by atoms with Crippen molar-refractivity contribution in [3.63, 3.8) is 0 Å². The SMILES string of the molecule is CC1C(=O)Nc2ccccc2N1C(=O)c1cccc(C(=O)O)c1. The van der Waals surface area contributed by atoms with Gasteiger partial charge in [0.05, 0.1) is 16.9 Å². The second kappa shape index (κ2) is 5.57. The van der Waals surface area contributed by atoms with E-state index in [0.29, 0.717) is 11.4 Å². The summed E-state index contributed by atoms with van der Waals surface area (Å²) in [5.74, 6) is -1.81. The number of benzene rings is 2. The number of anilines is 2. The Bertz CT molecular complexity index is 816. The number of carbonyl (C=O) groups is 3. The van der Waals surface area contributed by atoms with Crippen LogP contribution in [0.3, 0.4) is 0 Å². The van der Waals surface area contributed by atoms with E-state index < -0.39 is 17.9 Å². The van der Waals surface area contributed by atoms with Crippen molar-refractivity contribution in [2.24, 2.45) is 0 Å². The van der Waals surface area contributed by atoms with Crippen LogP contribution in [-0.4, -0.2) is 28.9 Å². The van der Waals surface area contributed by atoms with E-state index in [9.17, 15) is 14.4 Å². The summed E-state index contributed by atoms with van der Waals surface area (Å²) in [4.78, 5) is 37.4. The van der Waals surface area contributed by atoms with E-state index in [1.807, 2.05) is 0 Å². The van der Waals surface area contributed by atoms with Crippen molar-refractivity contribution in [3.8, 4) is 0 Å². The van der Waals surface area contributed by atoms with E-state index in [0.717, 1.165) is 0 Å². The Morgan fingerprint density at radius 2 is 1.78 bits per heavy atom. The summed E-state index contributed by atoms with van der Waals surface area (Å²) in [6.45, 7) is 1.63. The van der Waals surface area contributed by atoms with Gasteiger partial charge in [0.1, 0.15) is 6.04 Å². The molecule has 2 amide bonds. The molecule has 23 heavy (non-hydrogen) atoms. The van der Waals surface area contributed by atoms with Crippen molar-refractivity contribution >= 4 is 29.2 Å². The molecule has 0 saturated carbocycles. The molecule has 3 rings (SSSR count). The molecule has 6 heteroatoms. The fourth-order valence-electron chi connectivity index (χ4n) is 2.56. The smallest absolute Gasteiger partial charge is 0.335 e. The fourth-order valence-corrected chi connectivity index (χ4v) is 2.56. The van der Waals surface area contributed by atoms with E-state index in [1.165, 1.54) is 29.2 Å². The molecule has 0 bridgehead atoms. The highest BCUT2D eigenvalue weighted by molar-refractivity contribution is 6.16. The normalized spacial score (nSPS) is 16.5. The molecule has 0 aliphatic carbocycles. The Balaban J connectivity index is 2.06. The standard InChI is InChI=1S/C17H14N2O4/c1-10-15(20)18-13-7-2-3-8-14(13)19(10)16(21)11-5-4-6-12(9-11)17(22)23/h2-10H,1H3,(H,18,20)(H,22,23). The van der Waals surface area contributed by atoms with Gasteiger partial charge in [0.2, 0.25) is 5.91 Å². The lowest BCUT2D eigenvalue weighted by Gasteiger charge is -2.34. The summed E-state index contributed by atoms with van der Waals surface area (Å²) < 4.78 is 0. The first-order valence-corrected chi connectivity index (χ1v) is 7.06. The van der Waals surface area contributed by atoms with Crippen molar-refractivity contribution in [1.82, 2.24) is 0 Å². The number of hydrogen-bond acceptors (Lipinski definition) is 3. The summed E-state index contributed by atoms with van der Waals surface area (Å²) in [5, 5.41) is 11.8. The quantitative estimate of drug-likeness (QED) is 0.891. The Kier molecular flexibility index (Phi) is 3.57. The molecule has 0 aromatic heterocycles. The third-order valence-electron chi connectivity index (χ3n) is 3.76. The zero-order valence-electron chi connectivity index (χ0n) is 12.3. The van der Waals surface area contributed by atoms with Crippen LogP contribution in [0.4, 0.5) is 11.4 Å². The van der Waals surface area contributed by atoms with E-state index in [2.05, 4.69) is 5.32 Å². The molecule has 0 saturated heterocycles. The summed E-state index contributed by atoms with van der Waals surface area (Å²) in [5.41, 5.74) is 1.39. The van der Waals surface area contributed by atoms with Crippen LogP contribution in [0.15, 0.2) is 48.5 Å². The number of hydrogen-bond donors (Lipinski definition) is 2. The Morgan fingerprint density at radius 1 is 1.09 bits per heavy atom. The fraction of sp³-hybridized carbons (Fsp3) is 0.118. The van der Waals surface area contributed by atoms with Gasteiger partial charge >= 0.3 is 5.97 Å². The Morgan fingerprint density at radius 3 is 2.52 bits per heavy atom. The first kappa shape index (κ1) is 14.8. The van der Waals surface area contributed by atoms with Crippen LogP contribution in [0, 0.1) is 0 Å². The van der Waals surface area contributed by atoms with Gasteiger partial charge in [-0.15, -0.1) is 0 Å².